The third kappa shape index (κ3) is 4.39. The van der Waals surface area contributed by atoms with Crippen LogP contribution in [0.5, 0.6) is 0 Å². The molecule has 1 aliphatic carbocycles. The molecule has 0 atom stereocenters. The van der Waals surface area contributed by atoms with Crippen LogP contribution in [0.2, 0.25) is 0 Å². The van der Waals surface area contributed by atoms with Gasteiger partial charge >= 0.3 is 0 Å². The summed E-state index contributed by atoms with van der Waals surface area (Å²) in [6.07, 6.45) is 0. The van der Waals surface area contributed by atoms with Crippen molar-refractivity contribution in [2.45, 2.75) is 20.8 Å². The number of para-hydroxylation sites is 1. The lowest BCUT2D eigenvalue weighted by atomic mass is 9.70. The summed E-state index contributed by atoms with van der Waals surface area (Å²) >= 11 is 0. The normalized spacial score (nSPS) is 11.6. The Bertz CT molecular complexity index is 2530. The molecule has 9 rings (SSSR count). The molecule has 8 aromatic rings. The number of hydrogen-bond donors (Lipinski definition) is 0. The zero-order valence-corrected chi connectivity index (χ0v) is 27.5. The van der Waals surface area contributed by atoms with Gasteiger partial charge < -0.3 is 4.90 Å². The van der Waals surface area contributed by atoms with E-state index in [1.54, 1.807) is 0 Å². The van der Waals surface area contributed by atoms with Crippen molar-refractivity contribution in [2.75, 3.05) is 4.90 Å². The number of benzene rings is 8. The minimum atomic E-state index is 1.16. The summed E-state index contributed by atoms with van der Waals surface area (Å²) in [6.45, 7) is 6.59. The first-order valence-corrected chi connectivity index (χ1v) is 16.8. The highest BCUT2D eigenvalue weighted by Crippen LogP contribution is 2.59. The molecular weight excluding hydrogens is 579 g/mol. The monoisotopic (exact) mass is 613 g/mol. The van der Waals surface area contributed by atoms with E-state index in [1.807, 2.05) is 0 Å². The smallest absolute Gasteiger partial charge is 0.0493 e. The van der Waals surface area contributed by atoms with E-state index in [4.69, 9.17) is 0 Å². The van der Waals surface area contributed by atoms with Gasteiger partial charge in [-0.2, -0.15) is 0 Å². The molecule has 0 N–H and O–H groups in total. The molecule has 0 saturated carbocycles. The largest absolute Gasteiger partial charge is 0.310 e. The fraction of sp³-hybridized carbons (Fsp3) is 0.0638. The van der Waals surface area contributed by atoms with E-state index in [1.165, 1.54) is 94.1 Å². The number of fused-ring (bicyclic) bond motifs is 6. The molecule has 0 saturated heterocycles. The Labute approximate surface area is 282 Å². The van der Waals surface area contributed by atoms with Gasteiger partial charge in [-0.1, -0.05) is 121 Å². The van der Waals surface area contributed by atoms with Gasteiger partial charge in [0.2, 0.25) is 0 Å². The first-order chi connectivity index (χ1) is 23.6. The Balaban J connectivity index is 1.30. The minimum Gasteiger partial charge on any atom is -0.310 e. The molecule has 1 heteroatoms. The maximum absolute atomic E-state index is 2.44. The maximum atomic E-state index is 2.44. The summed E-state index contributed by atoms with van der Waals surface area (Å²) in [5, 5.41) is 5.09. The van der Waals surface area contributed by atoms with E-state index in [0.29, 0.717) is 0 Å². The van der Waals surface area contributed by atoms with Crippen LogP contribution >= 0.6 is 0 Å². The van der Waals surface area contributed by atoms with Gasteiger partial charge in [-0.15, -0.1) is 0 Å². The highest BCUT2D eigenvalue weighted by atomic mass is 15.1. The van der Waals surface area contributed by atoms with E-state index >= 15 is 0 Å². The van der Waals surface area contributed by atoms with E-state index < -0.39 is 0 Å². The lowest BCUT2D eigenvalue weighted by Gasteiger charge is -2.33. The summed E-state index contributed by atoms with van der Waals surface area (Å²) in [7, 11) is 0. The average Bonchev–Trinajstić information content (AvgIpc) is 3.12. The van der Waals surface area contributed by atoms with E-state index in [-0.39, 0.29) is 0 Å². The molecular formula is C47H35N. The molecule has 0 aliphatic heterocycles. The summed E-state index contributed by atoms with van der Waals surface area (Å²) < 4.78 is 0. The Morgan fingerprint density at radius 3 is 1.54 bits per heavy atom. The number of rotatable bonds is 5. The predicted octanol–water partition coefficient (Wildman–Crippen LogP) is 13.4. The van der Waals surface area contributed by atoms with Crippen LogP contribution in [0, 0.1) is 20.8 Å². The van der Waals surface area contributed by atoms with Gasteiger partial charge in [-0.25, -0.2) is 0 Å². The summed E-state index contributed by atoms with van der Waals surface area (Å²) in [4.78, 5) is 2.43. The van der Waals surface area contributed by atoms with Crippen molar-refractivity contribution in [1.82, 2.24) is 0 Å². The van der Waals surface area contributed by atoms with Crippen LogP contribution in [0.4, 0.5) is 17.1 Å². The highest BCUT2D eigenvalue weighted by Gasteiger charge is 2.32. The topological polar surface area (TPSA) is 3.24 Å². The van der Waals surface area contributed by atoms with Crippen LogP contribution in [0.3, 0.4) is 0 Å². The van der Waals surface area contributed by atoms with Crippen LogP contribution in [0.1, 0.15) is 16.7 Å². The summed E-state index contributed by atoms with van der Waals surface area (Å²) in [6, 6.07) is 58.0. The molecule has 48 heavy (non-hydrogen) atoms. The molecule has 1 aliphatic rings. The first-order valence-electron chi connectivity index (χ1n) is 16.8. The fourth-order valence-electron chi connectivity index (χ4n) is 7.74. The molecule has 0 fully saturated rings. The second-order valence-electron chi connectivity index (χ2n) is 13.1. The zero-order valence-electron chi connectivity index (χ0n) is 27.5. The van der Waals surface area contributed by atoms with Gasteiger partial charge in [0.15, 0.2) is 0 Å². The number of hydrogen-bond acceptors (Lipinski definition) is 1. The minimum absolute atomic E-state index is 1.16. The van der Waals surface area contributed by atoms with Gasteiger partial charge in [-0.3, -0.25) is 0 Å². The molecule has 0 amide bonds. The predicted molar refractivity (Wildman–Crippen MR) is 206 cm³/mol. The van der Waals surface area contributed by atoms with E-state index in [9.17, 15) is 0 Å². The molecule has 0 radical (unpaired) electrons. The lowest BCUT2D eigenvalue weighted by Crippen LogP contribution is -2.13. The SMILES string of the molecule is Cc1ccc(C)c(N(c2ccc3cc4c(cc3c2)-c2c-4c(-c3ccccc3)c3ccccc3c2-c2ccccc2)c2ccccc2C)c1. The standard InChI is InChI=1S/C47H35N/c1-30-22-23-32(3)43(26-30)48(42-21-13-10-14-31(42)2)37-25-24-35-28-40-41(29-36(35)27-37)47-45(34-17-8-5-9-18-34)39-20-12-11-19-38(39)44(46(40)47)33-15-6-4-7-16-33/h4-29H,1-3H3. The number of anilines is 3. The lowest BCUT2D eigenvalue weighted by molar-refractivity contribution is 1.22. The first kappa shape index (κ1) is 28.3. The van der Waals surface area contributed by atoms with Gasteiger partial charge in [0.25, 0.3) is 0 Å². The molecule has 8 aromatic carbocycles. The molecule has 0 aromatic heterocycles. The maximum Gasteiger partial charge on any atom is 0.0493 e. The van der Waals surface area contributed by atoms with Crippen LogP contribution in [-0.4, -0.2) is 0 Å². The molecule has 0 heterocycles. The molecule has 0 spiro atoms. The highest BCUT2D eigenvalue weighted by molar-refractivity contribution is 6.26. The Morgan fingerprint density at radius 1 is 0.375 bits per heavy atom. The van der Waals surface area contributed by atoms with Crippen LogP contribution in [0.15, 0.2) is 158 Å². The molecule has 0 unspecified atom stereocenters. The second kappa shape index (κ2) is 11.1. The van der Waals surface area contributed by atoms with Crippen molar-refractivity contribution >= 4 is 38.6 Å². The van der Waals surface area contributed by atoms with Gasteiger partial charge in [0, 0.05) is 17.1 Å². The second-order valence-corrected chi connectivity index (χ2v) is 13.1. The van der Waals surface area contributed by atoms with Gasteiger partial charge in [0.1, 0.15) is 0 Å². The third-order valence-corrected chi connectivity index (χ3v) is 10.1. The van der Waals surface area contributed by atoms with Gasteiger partial charge in [-0.05, 0) is 140 Å². The Hall–Kier alpha value is -5.92. The zero-order chi connectivity index (χ0) is 32.4. The Morgan fingerprint density at radius 2 is 0.917 bits per heavy atom. The van der Waals surface area contributed by atoms with Crippen molar-refractivity contribution < 1.29 is 0 Å². The fourth-order valence-corrected chi connectivity index (χ4v) is 7.74. The average molecular weight is 614 g/mol. The molecule has 0 bridgehead atoms. The van der Waals surface area contributed by atoms with E-state index in [0.717, 1.165) is 5.69 Å². The molecule has 1 nitrogen and oxygen atoms in total. The summed E-state index contributed by atoms with van der Waals surface area (Å²) in [5.41, 5.74) is 17.8. The quantitative estimate of drug-likeness (QED) is 0.187. The van der Waals surface area contributed by atoms with E-state index in [2.05, 4.69) is 183 Å². The third-order valence-electron chi connectivity index (χ3n) is 10.1. The van der Waals surface area contributed by atoms with Crippen molar-refractivity contribution in [2.24, 2.45) is 0 Å². The summed E-state index contributed by atoms with van der Waals surface area (Å²) in [5.74, 6) is 0. The van der Waals surface area contributed by atoms with Crippen molar-refractivity contribution in [1.29, 1.82) is 0 Å². The number of aryl methyl sites for hydroxylation is 3. The number of nitrogens with zero attached hydrogens (tertiary/aromatic N) is 1. The van der Waals surface area contributed by atoms with Crippen LogP contribution in [0.25, 0.3) is 66.1 Å². The van der Waals surface area contributed by atoms with Crippen molar-refractivity contribution in [3.63, 3.8) is 0 Å². The van der Waals surface area contributed by atoms with Crippen molar-refractivity contribution in [3.8, 4) is 44.5 Å². The van der Waals surface area contributed by atoms with Crippen molar-refractivity contribution in [3.05, 3.63) is 174 Å². The van der Waals surface area contributed by atoms with Gasteiger partial charge in [0.05, 0.1) is 0 Å². The molecule has 228 valence electrons. The van der Waals surface area contributed by atoms with Crippen LogP contribution in [-0.2, 0) is 0 Å². The van der Waals surface area contributed by atoms with Crippen LogP contribution < -0.4 is 4.90 Å². The Kier molecular flexibility index (Phi) is 6.55.